The predicted molar refractivity (Wildman–Crippen MR) is 72.9 cm³/mol. The first-order valence-electron chi connectivity index (χ1n) is 6.31. The van der Waals surface area contributed by atoms with Crippen molar-refractivity contribution in [3.8, 4) is 0 Å². The molecule has 0 unspecified atom stereocenters. The standard InChI is InChI=1S/C9H9N.C6H14/c1-7-2-3-9-8(6-7)4-5-10-9;1-3-5-6-4-2/h2-6,10H,1H3;3-6H2,1-2H3. The molecule has 1 aromatic carbocycles. The molecule has 1 heterocycles. The Morgan fingerprint density at radius 1 is 1.00 bits per heavy atom. The molecule has 0 radical (unpaired) electrons. The summed E-state index contributed by atoms with van der Waals surface area (Å²) in [5.41, 5.74) is 2.53. The molecule has 1 heteroatoms. The molecule has 2 aromatic rings. The number of unbranched alkanes of at least 4 members (excludes halogenated alkanes) is 3. The SMILES string of the molecule is CCCCCC.Cc1ccc2[nH]ccc2c1. The molecule has 0 bridgehead atoms. The number of hydrogen-bond acceptors (Lipinski definition) is 0. The number of nitrogens with one attached hydrogen (secondary N) is 1. The number of fused-ring (bicyclic) bond motifs is 1. The average molecular weight is 217 g/mol. The molecule has 0 aliphatic heterocycles. The summed E-state index contributed by atoms with van der Waals surface area (Å²) in [7, 11) is 0. The van der Waals surface area contributed by atoms with Gasteiger partial charge >= 0.3 is 0 Å². The predicted octanol–water partition coefficient (Wildman–Crippen LogP) is 5.06. The van der Waals surface area contributed by atoms with E-state index in [1.807, 2.05) is 6.20 Å². The Balaban J connectivity index is 0.000000187. The van der Waals surface area contributed by atoms with E-state index in [1.54, 1.807) is 0 Å². The molecule has 0 saturated carbocycles. The van der Waals surface area contributed by atoms with Crippen molar-refractivity contribution in [2.75, 3.05) is 0 Å². The van der Waals surface area contributed by atoms with Crippen LogP contribution in [0.5, 0.6) is 0 Å². The van der Waals surface area contributed by atoms with E-state index >= 15 is 0 Å². The number of rotatable bonds is 3. The van der Waals surface area contributed by atoms with Crippen molar-refractivity contribution in [2.24, 2.45) is 0 Å². The molecular formula is C15H23N. The van der Waals surface area contributed by atoms with Crippen molar-refractivity contribution in [1.82, 2.24) is 4.98 Å². The highest BCUT2D eigenvalue weighted by Crippen LogP contribution is 2.12. The van der Waals surface area contributed by atoms with E-state index < -0.39 is 0 Å². The van der Waals surface area contributed by atoms with Crippen LogP contribution in [0.1, 0.15) is 45.1 Å². The highest BCUT2D eigenvalue weighted by molar-refractivity contribution is 5.79. The number of aromatic amines is 1. The van der Waals surface area contributed by atoms with Gasteiger partial charge in [0, 0.05) is 11.7 Å². The number of benzene rings is 1. The van der Waals surface area contributed by atoms with E-state index in [0.717, 1.165) is 0 Å². The summed E-state index contributed by atoms with van der Waals surface area (Å²) in [6, 6.07) is 8.47. The van der Waals surface area contributed by atoms with E-state index in [1.165, 1.54) is 42.1 Å². The Hall–Kier alpha value is -1.24. The molecule has 16 heavy (non-hydrogen) atoms. The lowest BCUT2D eigenvalue weighted by molar-refractivity contribution is 0.702. The first kappa shape index (κ1) is 12.8. The van der Waals surface area contributed by atoms with Gasteiger partial charge in [0.1, 0.15) is 0 Å². The van der Waals surface area contributed by atoms with Gasteiger partial charge in [0.05, 0.1) is 0 Å². The molecule has 0 spiro atoms. The number of aryl methyl sites for hydroxylation is 1. The van der Waals surface area contributed by atoms with Gasteiger partial charge < -0.3 is 4.98 Å². The second-order valence-electron chi connectivity index (χ2n) is 4.28. The normalized spacial score (nSPS) is 9.94. The zero-order valence-corrected chi connectivity index (χ0v) is 10.7. The number of hydrogen-bond donors (Lipinski definition) is 1. The van der Waals surface area contributed by atoms with Gasteiger partial charge in [-0.25, -0.2) is 0 Å². The third kappa shape index (κ3) is 4.09. The highest BCUT2D eigenvalue weighted by atomic mass is 14.7. The monoisotopic (exact) mass is 217 g/mol. The highest BCUT2D eigenvalue weighted by Gasteiger charge is 1.91. The largest absolute Gasteiger partial charge is 0.361 e. The maximum atomic E-state index is 3.15. The second kappa shape index (κ2) is 7.10. The van der Waals surface area contributed by atoms with Crippen LogP contribution in [-0.4, -0.2) is 4.98 Å². The minimum atomic E-state index is 1.21. The summed E-state index contributed by atoms with van der Waals surface area (Å²) in [5.74, 6) is 0. The van der Waals surface area contributed by atoms with Gasteiger partial charge in [0.25, 0.3) is 0 Å². The molecule has 0 aliphatic rings. The lowest BCUT2D eigenvalue weighted by Crippen LogP contribution is -1.69. The lowest BCUT2D eigenvalue weighted by atomic mass is 10.2. The van der Waals surface area contributed by atoms with Gasteiger partial charge in [-0.15, -0.1) is 0 Å². The van der Waals surface area contributed by atoms with E-state index in [2.05, 4.69) is 50.0 Å². The van der Waals surface area contributed by atoms with Crippen molar-refractivity contribution >= 4 is 10.9 Å². The molecule has 88 valence electrons. The third-order valence-corrected chi connectivity index (χ3v) is 2.67. The van der Waals surface area contributed by atoms with Crippen LogP contribution in [0.2, 0.25) is 0 Å². The molecular weight excluding hydrogens is 194 g/mol. The molecule has 1 nitrogen and oxygen atoms in total. The van der Waals surface area contributed by atoms with Gasteiger partial charge in [-0.1, -0.05) is 51.2 Å². The Morgan fingerprint density at radius 2 is 1.69 bits per heavy atom. The fourth-order valence-corrected chi connectivity index (χ4v) is 1.67. The summed E-state index contributed by atoms with van der Waals surface area (Å²) < 4.78 is 0. The van der Waals surface area contributed by atoms with E-state index in [9.17, 15) is 0 Å². The van der Waals surface area contributed by atoms with Crippen LogP contribution in [0, 0.1) is 6.92 Å². The molecule has 0 amide bonds. The molecule has 0 aliphatic carbocycles. The maximum absolute atomic E-state index is 3.15. The van der Waals surface area contributed by atoms with Crippen molar-refractivity contribution in [3.63, 3.8) is 0 Å². The Bertz CT molecular complexity index is 396. The van der Waals surface area contributed by atoms with E-state index in [4.69, 9.17) is 0 Å². The fourth-order valence-electron chi connectivity index (χ4n) is 1.67. The Kier molecular flexibility index (Phi) is 5.69. The summed E-state index contributed by atoms with van der Waals surface area (Å²) in [5, 5.41) is 1.29. The molecule has 0 saturated heterocycles. The zero-order valence-electron chi connectivity index (χ0n) is 10.7. The lowest BCUT2D eigenvalue weighted by Gasteiger charge is -1.90. The van der Waals surface area contributed by atoms with Crippen molar-refractivity contribution < 1.29 is 0 Å². The molecule has 1 aromatic heterocycles. The van der Waals surface area contributed by atoms with Crippen molar-refractivity contribution in [2.45, 2.75) is 46.5 Å². The van der Waals surface area contributed by atoms with Crippen LogP contribution in [0.3, 0.4) is 0 Å². The molecule has 2 rings (SSSR count). The molecule has 1 N–H and O–H groups in total. The first-order valence-corrected chi connectivity index (χ1v) is 6.31. The molecule has 0 atom stereocenters. The van der Waals surface area contributed by atoms with Crippen molar-refractivity contribution in [1.29, 1.82) is 0 Å². The Labute approximate surface area is 98.9 Å². The Morgan fingerprint density at radius 3 is 2.31 bits per heavy atom. The average Bonchev–Trinajstić information content (AvgIpc) is 2.74. The smallest absolute Gasteiger partial charge is 0.0454 e. The summed E-state index contributed by atoms with van der Waals surface area (Å²) in [4.78, 5) is 3.15. The molecule has 0 fully saturated rings. The van der Waals surface area contributed by atoms with Crippen LogP contribution >= 0.6 is 0 Å². The van der Waals surface area contributed by atoms with Gasteiger partial charge in [-0.2, -0.15) is 0 Å². The van der Waals surface area contributed by atoms with Gasteiger partial charge in [0.2, 0.25) is 0 Å². The van der Waals surface area contributed by atoms with Gasteiger partial charge in [-0.05, 0) is 30.5 Å². The third-order valence-electron chi connectivity index (χ3n) is 2.67. The summed E-state index contributed by atoms with van der Waals surface area (Å²) in [6.07, 6.45) is 7.50. The summed E-state index contributed by atoms with van der Waals surface area (Å²) >= 11 is 0. The second-order valence-corrected chi connectivity index (χ2v) is 4.28. The van der Waals surface area contributed by atoms with Crippen LogP contribution in [0.15, 0.2) is 30.5 Å². The van der Waals surface area contributed by atoms with Crippen LogP contribution in [0.4, 0.5) is 0 Å². The zero-order chi connectivity index (χ0) is 11.8. The van der Waals surface area contributed by atoms with E-state index in [-0.39, 0.29) is 0 Å². The van der Waals surface area contributed by atoms with Crippen molar-refractivity contribution in [3.05, 3.63) is 36.0 Å². The maximum Gasteiger partial charge on any atom is 0.0454 e. The van der Waals surface area contributed by atoms with E-state index in [0.29, 0.717) is 0 Å². The minimum absolute atomic E-state index is 1.21. The van der Waals surface area contributed by atoms with Crippen LogP contribution in [-0.2, 0) is 0 Å². The fraction of sp³-hybridized carbons (Fsp3) is 0.467. The number of H-pyrrole nitrogens is 1. The quantitative estimate of drug-likeness (QED) is 0.691. The number of aromatic nitrogens is 1. The van der Waals surface area contributed by atoms with Crippen LogP contribution < -0.4 is 0 Å². The van der Waals surface area contributed by atoms with Gasteiger partial charge in [0.15, 0.2) is 0 Å². The first-order chi connectivity index (χ1) is 7.77. The summed E-state index contributed by atoms with van der Waals surface area (Å²) in [6.45, 7) is 6.57. The topological polar surface area (TPSA) is 15.8 Å². The van der Waals surface area contributed by atoms with Gasteiger partial charge in [-0.3, -0.25) is 0 Å². The van der Waals surface area contributed by atoms with Crippen LogP contribution in [0.25, 0.3) is 10.9 Å². The minimum Gasteiger partial charge on any atom is -0.361 e.